The molecule has 0 unspecified atom stereocenters. The fourth-order valence-electron chi connectivity index (χ4n) is 1.83. The third kappa shape index (κ3) is 2.19. The molecule has 0 fully saturated rings. The van der Waals surface area contributed by atoms with Crippen LogP contribution in [0.15, 0.2) is 24.3 Å². The molecule has 0 atom stereocenters. The number of ether oxygens (including phenoxy) is 1. The van der Waals surface area contributed by atoms with Crippen molar-refractivity contribution in [2.45, 2.75) is 38.7 Å². The number of rotatable bonds is 1. The smallest absolute Gasteiger partial charge is 0.127 e. The average molecular weight is 227 g/mol. The van der Waals surface area contributed by atoms with Crippen molar-refractivity contribution in [2.24, 2.45) is 0 Å². The van der Waals surface area contributed by atoms with E-state index >= 15 is 0 Å². The molecule has 0 N–H and O–H groups in total. The summed E-state index contributed by atoms with van der Waals surface area (Å²) < 4.78 is 5.85. The Kier molecular flexibility index (Phi) is 2.50. The van der Waals surface area contributed by atoms with Gasteiger partial charge in [-0.05, 0) is 51.5 Å². The minimum Gasteiger partial charge on any atom is -0.483 e. The molecule has 2 nitrogen and oxygen atoms in total. The van der Waals surface area contributed by atoms with Gasteiger partial charge in [-0.25, -0.2) is 0 Å². The summed E-state index contributed by atoms with van der Waals surface area (Å²) in [6.45, 7) is 7.90. The summed E-state index contributed by atoms with van der Waals surface area (Å²) in [5, 5.41) is 9.14. The van der Waals surface area contributed by atoms with Gasteiger partial charge in [-0.2, -0.15) is 5.26 Å². The van der Waals surface area contributed by atoms with Crippen molar-refractivity contribution >= 4 is 6.08 Å². The maximum absolute atomic E-state index is 9.14. The van der Waals surface area contributed by atoms with Gasteiger partial charge in [0.1, 0.15) is 11.4 Å². The standard InChI is InChI=1S/C15H17NO/c1-14(2,10-16)12-5-6-13-11(9-12)7-8-15(3,4)17-13/h5-9H,1-4H3. The molecular weight excluding hydrogens is 210 g/mol. The zero-order chi connectivity index (χ0) is 12.7. The van der Waals surface area contributed by atoms with E-state index < -0.39 is 5.41 Å². The van der Waals surface area contributed by atoms with Crippen LogP contribution < -0.4 is 4.74 Å². The second-order valence-electron chi connectivity index (χ2n) is 5.53. The van der Waals surface area contributed by atoms with Crippen LogP contribution in [-0.4, -0.2) is 5.60 Å². The van der Waals surface area contributed by atoms with E-state index in [-0.39, 0.29) is 5.60 Å². The van der Waals surface area contributed by atoms with Gasteiger partial charge in [-0.15, -0.1) is 0 Å². The molecule has 1 heterocycles. The summed E-state index contributed by atoms with van der Waals surface area (Å²) in [7, 11) is 0. The number of nitriles is 1. The molecule has 0 aliphatic carbocycles. The lowest BCUT2D eigenvalue weighted by Gasteiger charge is -2.28. The SMILES string of the molecule is CC1(C)C=Cc2cc(C(C)(C)C#N)ccc2O1. The van der Waals surface area contributed by atoms with Crippen LogP contribution in [0.5, 0.6) is 5.75 Å². The molecule has 1 aliphatic rings. The van der Waals surface area contributed by atoms with Crippen molar-refractivity contribution in [1.29, 1.82) is 5.26 Å². The summed E-state index contributed by atoms with van der Waals surface area (Å²) in [5.41, 5.74) is 1.35. The van der Waals surface area contributed by atoms with E-state index in [4.69, 9.17) is 10.00 Å². The second-order valence-corrected chi connectivity index (χ2v) is 5.53. The van der Waals surface area contributed by atoms with Crippen molar-refractivity contribution in [3.05, 3.63) is 35.4 Å². The van der Waals surface area contributed by atoms with Gasteiger partial charge in [-0.1, -0.05) is 12.1 Å². The molecule has 0 saturated carbocycles. The average Bonchev–Trinajstić information content (AvgIpc) is 2.27. The minimum atomic E-state index is -0.462. The highest BCUT2D eigenvalue weighted by molar-refractivity contribution is 5.62. The van der Waals surface area contributed by atoms with Crippen molar-refractivity contribution in [3.63, 3.8) is 0 Å². The van der Waals surface area contributed by atoms with E-state index in [1.165, 1.54) is 0 Å². The molecule has 0 amide bonds. The quantitative estimate of drug-likeness (QED) is 0.733. The van der Waals surface area contributed by atoms with Crippen molar-refractivity contribution in [2.75, 3.05) is 0 Å². The number of fused-ring (bicyclic) bond motifs is 1. The molecule has 2 rings (SSSR count). The van der Waals surface area contributed by atoms with Crippen molar-refractivity contribution < 1.29 is 4.74 Å². The molecule has 0 aromatic heterocycles. The maximum atomic E-state index is 9.14. The Bertz CT molecular complexity index is 518. The molecule has 0 saturated heterocycles. The number of benzene rings is 1. The Balaban J connectivity index is 2.45. The summed E-state index contributed by atoms with van der Waals surface area (Å²) in [6.07, 6.45) is 4.11. The first kappa shape index (κ1) is 11.7. The van der Waals surface area contributed by atoms with Gasteiger partial charge in [0.05, 0.1) is 11.5 Å². The molecule has 0 radical (unpaired) electrons. The molecule has 17 heavy (non-hydrogen) atoms. The third-order valence-electron chi connectivity index (χ3n) is 3.05. The van der Waals surface area contributed by atoms with Gasteiger partial charge < -0.3 is 4.74 Å². The predicted octanol–water partition coefficient (Wildman–Crippen LogP) is 3.67. The summed E-state index contributed by atoms with van der Waals surface area (Å²) >= 11 is 0. The fraction of sp³-hybridized carbons (Fsp3) is 0.400. The lowest BCUT2D eigenvalue weighted by molar-refractivity contribution is 0.159. The van der Waals surface area contributed by atoms with Crippen LogP contribution >= 0.6 is 0 Å². The lowest BCUT2D eigenvalue weighted by atomic mass is 9.85. The lowest BCUT2D eigenvalue weighted by Crippen LogP contribution is -2.27. The monoisotopic (exact) mass is 227 g/mol. The van der Waals surface area contributed by atoms with Crippen LogP contribution in [0.1, 0.15) is 38.8 Å². The van der Waals surface area contributed by atoms with Crippen LogP contribution in [-0.2, 0) is 5.41 Å². The number of hydrogen-bond acceptors (Lipinski definition) is 2. The minimum absolute atomic E-state index is 0.251. The molecule has 1 aromatic rings. The highest BCUT2D eigenvalue weighted by Crippen LogP contribution is 2.34. The van der Waals surface area contributed by atoms with E-state index in [1.54, 1.807) is 0 Å². The molecule has 88 valence electrons. The first-order valence-electron chi connectivity index (χ1n) is 5.78. The van der Waals surface area contributed by atoms with Gasteiger partial charge in [0.15, 0.2) is 0 Å². The first-order valence-corrected chi connectivity index (χ1v) is 5.78. The van der Waals surface area contributed by atoms with E-state index in [0.717, 1.165) is 16.9 Å². The topological polar surface area (TPSA) is 33.0 Å². The summed E-state index contributed by atoms with van der Waals surface area (Å²) in [6, 6.07) is 8.27. The van der Waals surface area contributed by atoms with Gasteiger partial charge in [0.25, 0.3) is 0 Å². The Labute approximate surface area is 103 Å². The molecule has 1 aliphatic heterocycles. The van der Waals surface area contributed by atoms with E-state index in [1.807, 2.05) is 52.0 Å². The third-order valence-corrected chi connectivity index (χ3v) is 3.05. The van der Waals surface area contributed by atoms with Crippen LogP contribution in [0.25, 0.3) is 6.08 Å². The molecule has 1 aromatic carbocycles. The van der Waals surface area contributed by atoms with E-state index in [0.29, 0.717) is 0 Å². The van der Waals surface area contributed by atoms with E-state index in [9.17, 15) is 0 Å². The van der Waals surface area contributed by atoms with Gasteiger partial charge in [0.2, 0.25) is 0 Å². The van der Waals surface area contributed by atoms with E-state index in [2.05, 4.69) is 12.1 Å². The number of hydrogen-bond donors (Lipinski definition) is 0. The highest BCUT2D eigenvalue weighted by atomic mass is 16.5. The Morgan fingerprint density at radius 2 is 2.00 bits per heavy atom. The van der Waals surface area contributed by atoms with Gasteiger partial charge in [0, 0.05) is 5.56 Å². The highest BCUT2D eigenvalue weighted by Gasteiger charge is 2.25. The molecular formula is C15H17NO. The Morgan fingerprint density at radius 1 is 1.29 bits per heavy atom. The normalized spacial score (nSPS) is 16.9. The summed E-state index contributed by atoms with van der Waals surface area (Å²) in [5.74, 6) is 0.884. The van der Waals surface area contributed by atoms with Crippen molar-refractivity contribution in [1.82, 2.24) is 0 Å². The Morgan fingerprint density at radius 3 is 2.65 bits per heavy atom. The largest absolute Gasteiger partial charge is 0.483 e. The van der Waals surface area contributed by atoms with Crippen LogP contribution in [0, 0.1) is 11.3 Å². The first-order chi connectivity index (χ1) is 7.84. The zero-order valence-corrected chi connectivity index (χ0v) is 10.7. The summed E-state index contributed by atoms with van der Waals surface area (Å²) in [4.78, 5) is 0. The van der Waals surface area contributed by atoms with Crippen molar-refractivity contribution in [3.8, 4) is 11.8 Å². The van der Waals surface area contributed by atoms with Gasteiger partial charge >= 0.3 is 0 Å². The van der Waals surface area contributed by atoms with Crippen LogP contribution in [0.4, 0.5) is 0 Å². The molecule has 0 spiro atoms. The van der Waals surface area contributed by atoms with Gasteiger partial charge in [-0.3, -0.25) is 0 Å². The maximum Gasteiger partial charge on any atom is 0.127 e. The molecule has 0 bridgehead atoms. The second kappa shape index (κ2) is 3.63. The van der Waals surface area contributed by atoms with Crippen LogP contribution in [0.3, 0.4) is 0 Å². The number of nitrogens with zero attached hydrogens (tertiary/aromatic N) is 1. The predicted molar refractivity (Wildman–Crippen MR) is 68.8 cm³/mol. The fourth-order valence-corrected chi connectivity index (χ4v) is 1.83. The Hall–Kier alpha value is -1.75. The zero-order valence-electron chi connectivity index (χ0n) is 10.7. The molecule has 2 heteroatoms. The van der Waals surface area contributed by atoms with Crippen LogP contribution in [0.2, 0.25) is 0 Å².